The second kappa shape index (κ2) is 9.06. The first kappa shape index (κ1) is 21.8. The molecular formula is C25H24ClF2N5. The highest BCUT2D eigenvalue weighted by atomic mass is 35.5. The maximum absolute atomic E-state index is 15.2. The average Bonchev–Trinajstić information content (AvgIpc) is 3.14. The highest BCUT2D eigenvalue weighted by Crippen LogP contribution is 2.42. The first-order valence-electron chi connectivity index (χ1n) is 11.2. The number of halogens is 3. The molecule has 1 aliphatic heterocycles. The van der Waals surface area contributed by atoms with E-state index in [2.05, 4.69) is 26.0 Å². The predicted octanol–water partition coefficient (Wildman–Crippen LogP) is 6.07. The molecule has 0 saturated heterocycles. The zero-order valence-corrected chi connectivity index (χ0v) is 18.7. The molecule has 2 unspecified atom stereocenters. The number of hydrogen-bond acceptors (Lipinski definition) is 4. The minimum absolute atomic E-state index is 0.0246. The van der Waals surface area contributed by atoms with Crippen molar-refractivity contribution in [3.63, 3.8) is 0 Å². The smallest absolute Gasteiger partial charge is 0.159 e. The Morgan fingerprint density at radius 3 is 2.64 bits per heavy atom. The number of rotatable bonds is 2. The molecule has 0 spiro atoms. The van der Waals surface area contributed by atoms with Crippen molar-refractivity contribution in [2.24, 2.45) is 10.7 Å². The van der Waals surface area contributed by atoms with Crippen molar-refractivity contribution in [3.8, 4) is 0 Å². The second-order valence-electron chi connectivity index (χ2n) is 8.59. The molecule has 1 aliphatic carbocycles. The van der Waals surface area contributed by atoms with Gasteiger partial charge in [0.2, 0.25) is 0 Å². The van der Waals surface area contributed by atoms with Crippen LogP contribution in [0.25, 0.3) is 10.9 Å². The lowest BCUT2D eigenvalue weighted by Crippen LogP contribution is -2.16. The molecule has 5 rings (SSSR count). The van der Waals surface area contributed by atoms with Crippen LogP contribution in [0, 0.1) is 11.6 Å². The number of nitrogens with zero attached hydrogens (tertiary/aromatic N) is 3. The summed E-state index contributed by atoms with van der Waals surface area (Å²) < 4.78 is 28.6. The van der Waals surface area contributed by atoms with Crippen molar-refractivity contribution in [1.29, 1.82) is 0 Å². The van der Waals surface area contributed by atoms with Gasteiger partial charge in [0, 0.05) is 34.6 Å². The van der Waals surface area contributed by atoms with Crippen LogP contribution in [0.5, 0.6) is 0 Å². The number of aromatic amines is 1. The number of nitrogens with two attached hydrogens (primary N) is 1. The molecule has 170 valence electrons. The highest BCUT2D eigenvalue weighted by Gasteiger charge is 2.30. The third kappa shape index (κ3) is 4.29. The summed E-state index contributed by atoms with van der Waals surface area (Å²) in [5.41, 5.74) is 9.66. The Morgan fingerprint density at radius 1 is 1.03 bits per heavy atom. The first-order chi connectivity index (χ1) is 16.0. The Kier molecular flexibility index (Phi) is 5.98. The molecule has 0 bridgehead atoms. The number of aliphatic imine (C=N–C) groups is 1. The summed E-state index contributed by atoms with van der Waals surface area (Å²) >= 11 is 6.14. The third-order valence-corrected chi connectivity index (χ3v) is 6.85. The zero-order valence-electron chi connectivity index (χ0n) is 18.0. The van der Waals surface area contributed by atoms with Crippen LogP contribution in [0.2, 0.25) is 5.02 Å². The summed E-state index contributed by atoms with van der Waals surface area (Å²) in [6, 6.07) is 3.40. The quantitative estimate of drug-likeness (QED) is 0.479. The summed E-state index contributed by atoms with van der Waals surface area (Å²) in [6.45, 7) is 0. The van der Waals surface area contributed by atoms with Crippen LogP contribution in [-0.4, -0.2) is 21.2 Å². The maximum Gasteiger partial charge on any atom is 0.159 e. The van der Waals surface area contributed by atoms with E-state index in [0.29, 0.717) is 23.5 Å². The molecule has 2 aromatic heterocycles. The Labute approximate surface area is 195 Å². The van der Waals surface area contributed by atoms with Crippen LogP contribution in [0.3, 0.4) is 0 Å². The van der Waals surface area contributed by atoms with Crippen molar-refractivity contribution in [3.05, 3.63) is 81.8 Å². The van der Waals surface area contributed by atoms with E-state index in [-0.39, 0.29) is 16.9 Å². The number of fused-ring (bicyclic) bond motifs is 3. The second-order valence-corrected chi connectivity index (χ2v) is 9.00. The van der Waals surface area contributed by atoms with Crippen molar-refractivity contribution < 1.29 is 8.78 Å². The fraction of sp³-hybridized carbons (Fsp3) is 0.320. The minimum Gasteiger partial charge on any atom is -0.384 e. The van der Waals surface area contributed by atoms with Crippen LogP contribution in [0.15, 0.2) is 53.1 Å². The molecular weight excluding hydrogens is 444 g/mol. The molecule has 3 aromatic rings. The minimum atomic E-state index is -0.459. The summed E-state index contributed by atoms with van der Waals surface area (Å²) in [5.74, 6) is 0.254. The molecule has 1 aromatic carbocycles. The van der Waals surface area contributed by atoms with E-state index >= 15 is 4.39 Å². The monoisotopic (exact) mass is 467 g/mol. The first-order valence-corrected chi connectivity index (χ1v) is 11.5. The fourth-order valence-electron chi connectivity index (χ4n) is 4.93. The lowest BCUT2D eigenvalue weighted by Gasteiger charge is -2.26. The molecule has 5 nitrogen and oxygen atoms in total. The SMILES string of the molecule is NC1=C/CC/C=C(C2CCC(c3ncc(F)cn3)CCc3c2[nH]c2ccc(Cl)c(F)c32)/C=N\1. The molecule has 33 heavy (non-hydrogen) atoms. The number of benzene rings is 1. The largest absolute Gasteiger partial charge is 0.384 e. The van der Waals surface area contributed by atoms with E-state index in [1.807, 2.05) is 18.4 Å². The summed E-state index contributed by atoms with van der Waals surface area (Å²) in [6.07, 6.45) is 12.9. The van der Waals surface area contributed by atoms with E-state index in [0.717, 1.165) is 54.5 Å². The Bertz CT molecular complexity index is 1280. The van der Waals surface area contributed by atoms with Gasteiger partial charge in [-0.05, 0) is 67.9 Å². The summed E-state index contributed by atoms with van der Waals surface area (Å²) in [7, 11) is 0. The molecule has 0 amide bonds. The van der Waals surface area contributed by atoms with E-state index < -0.39 is 11.6 Å². The van der Waals surface area contributed by atoms with Gasteiger partial charge in [-0.1, -0.05) is 17.7 Å². The molecule has 3 N–H and O–H groups in total. The highest BCUT2D eigenvalue weighted by molar-refractivity contribution is 6.31. The Balaban J connectivity index is 1.62. The van der Waals surface area contributed by atoms with Crippen molar-refractivity contribution >= 4 is 28.7 Å². The van der Waals surface area contributed by atoms with Gasteiger partial charge < -0.3 is 10.7 Å². The number of allylic oxidation sites excluding steroid dienone is 3. The Hall–Kier alpha value is -3.06. The van der Waals surface area contributed by atoms with Gasteiger partial charge in [0.1, 0.15) is 11.6 Å². The van der Waals surface area contributed by atoms with Crippen molar-refractivity contribution in [2.45, 2.75) is 50.4 Å². The van der Waals surface area contributed by atoms with Crippen molar-refractivity contribution in [1.82, 2.24) is 15.0 Å². The van der Waals surface area contributed by atoms with E-state index in [9.17, 15) is 4.39 Å². The van der Waals surface area contributed by atoms with Gasteiger partial charge in [-0.15, -0.1) is 0 Å². The lowest BCUT2D eigenvalue weighted by atomic mass is 9.80. The number of nitrogens with one attached hydrogen (secondary N) is 1. The summed E-state index contributed by atoms with van der Waals surface area (Å²) in [4.78, 5) is 16.4. The van der Waals surface area contributed by atoms with Crippen LogP contribution >= 0.6 is 11.6 Å². The third-order valence-electron chi connectivity index (χ3n) is 6.56. The van der Waals surface area contributed by atoms with Crippen LogP contribution < -0.4 is 5.73 Å². The number of H-pyrrole nitrogens is 1. The van der Waals surface area contributed by atoms with Gasteiger partial charge in [-0.25, -0.2) is 23.7 Å². The maximum atomic E-state index is 15.2. The normalized spacial score (nSPS) is 25.5. The number of aromatic nitrogens is 3. The Morgan fingerprint density at radius 2 is 1.82 bits per heavy atom. The molecule has 0 fully saturated rings. The molecule has 0 radical (unpaired) electrons. The number of hydrogen-bond donors (Lipinski definition) is 2. The molecule has 2 atom stereocenters. The van der Waals surface area contributed by atoms with Gasteiger partial charge in [0.15, 0.2) is 11.6 Å². The van der Waals surface area contributed by atoms with E-state index in [4.69, 9.17) is 17.3 Å². The predicted molar refractivity (Wildman–Crippen MR) is 126 cm³/mol. The van der Waals surface area contributed by atoms with E-state index in [1.54, 1.807) is 6.07 Å². The fourth-order valence-corrected chi connectivity index (χ4v) is 5.09. The average molecular weight is 468 g/mol. The molecule has 0 saturated carbocycles. The number of aryl methyl sites for hydroxylation is 1. The van der Waals surface area contributed by atoms with Gasteiger partial charge in [-0.3, -0.25) is 0 Å². The van der Waals surface area contributed by atoms with Crippen LogP contribution in [0.4, 0.5) is 8.78 Å². The van der Waals surface area contributed by atoms with Crippen molar-refractivity contribution in [2.75, 3.05) is 0 Å². The van der Waals surface area contributed by atoms with Gasteiger partial charge in [0.05, 0.1) is 17.4 Å². The van der Waals surface area contributed by atoms with Gasteiger partial charge >= 0.3 is 0 Å². The van der Waals surface area contributed by atoms with Crippen LogP contribution in [-0.2, 0) is 6.42 Å². The standard InChI is InChI=1S/C25H24ClF2N5/c26-19-9-10-20-22(23(19)28)18-8-6-14(25-31-12-16(27)13-32-25)5-7-17(24(18)33-20)15-3-1-2-4-21(29)30-11-15/h3-4,9-14,17,33H,1-2,5-8,29H2/b15-3-,21-4-,30-11-. The molecule has 2 aliphatic rings. The van der Waals surface area contributed by atoms with Gasteiger partial charge in [-0.2, -0.15) is 0 Å². The lowest BCUT2D eigenvalue weighted by molar-refractivity contribution is 0.486. The van der Waals surface area contributed by atoms with E-state index in [1.165, 1.54) is 12.4 Å². The zero-order chi connectivity index (χ0) is 22.9. The molecule has 3 heterocycles. The van der Waals surface area contributed by atoms with Gasteiger partial charge in [0.25, 0.3) is 0 Å². The molecule has 8 heteroatoms. The van der Waals surface area contributed by atoms with Crippen LogP contribution in [0.1, 0.15) is 61.0 Å². The summed E-state index contributed by atoms with van der Waals surface area (Å²) in [5, 5.41) is 0.636. The topological polar surface area (TPSA) is 80.0 Å².